The van der Waals surface area contributed by atoms with Gasteiger partial charge in [0.1, 0.15) is 0 Å². The van der Waals surface area contributed by atoms with Crippen LogP contribution in [0.3, 0.4) is 0 Å². The standard InChI is InChI=1S/C7H14BrNO/c1-6(4-8)9-7-2-3-10-5-7/h6-7,9H,2-5H2,1H3. The molecule has 0 saturated carbocycles. The topological polar surface area (TPSA) is 21.3 Å². The number of hydrogen-bond acceptors (Lipinski definition) is 2. The molecule has 1 N–H and O–H groups in total. The van der Waals surface area contributed by atoms with Crippen LogP contribution in [0, 0.1) is 0 Å². The first-order valence-corrected chi connectivity index (χ1v) is 4.85. The number of hydrogen-bond donors (Lipinski definition) is 1. The summed E-state index contributed by atoms with van der Waals surface area (Å²) in [6.07, 6.45) is 1.16. The maximum absolute atomic E-state index is 5.22. The smallest absolute Gasteiger partial charge is 0.0620 e. The first kappa shape index (κ1) is 8.50. The zero-order valence-electron chi connectivity index (χ0n) is 6.27. The second-order valence-corrected chi connectivity index (χ2v) is 3.43. The molecule has 0 aromatic rings. The Hall–Kier alpha value is 0.400. The summed E-state index contributed by atoms with van der Waals surface area (Å²) < 4.78 is 5.22. The predicted molar refractivity (Wildman–Crippen MR) is 45.6 cm³/mol. The van der Waals surface area contributed by atoms with Crippen LogP contribution in [0.4, 0.5) is 0 Å². The summed E-state index contributed by atoms with van der Waals surface area (Å²) in [5, 5.41) is 4.47. The Morgan fingerprint density at radius 1 is 1.80 bits per heavy atom. The van der Waals surface area contributed by atoms with Gasteiger partial charge in [-0.2, -0.15) is 0 Å². The van der Waals surface area contributed by atoms with Crippen molar-refractivity contribution < 1.29 is 4.74 Å². The van der Waals surface area contributed by atoms with Gasteiger partial charge in [0.25, 0.3) is 0 Å². The molecule has 2 unspecified atom stereocenters. The Morgan fingerprint density at radius 3 is 3.10 bits per heavy atom. The zero-order valence-corrected chi connectivity index (χ0v) is 7.86. The van der Waals surface area contributed by atoms with E-state index >= 15 is 0 Å². The Kier molecular flexibility index (Phi) is 3.66. The monoisotopic (exact) mass is 207 g/mol. The molecule has 1 rings (SSSR count). The van der Waals surface area contributed by atoms with Gasteiger partial charge < -0.3 is 10.1 Å². The lowest BCUT2D eigenvalue weighted by Crippen LogP contribution is -2.37. The lowest BCUT2D eigenvalue weighted by molar-refractivity contribution is 0.189. The van der Waals surface area contributed by atoms with Crippen molar-refractivity contribution in [3.8, 4) is 0 Å². The second-order valence-electron chi connectivity index (χ2n) is 2.78. The van der Waals surface area contributed by atoms with Crippen LogP contribution < -0.4 is 5.32 Å². The summed E-state index contributed by atoms with van der Waals surface area (Å²) in [6.45, 7) is 3.98. The minimum atomic E-state index is 0.562. The van der Waals surface area contributed by atoms with Gasteiger partial charge in [0.15, 0.2) is 0 Å². The summed E-state index contributed by atoms with van der Waals surface area (Å²) in [5.74, 6) is 0. The van der Waals surface area contributed by atoms with Crippen LogP contribution in [-0.4, -0.2) is 30.6 Å². The third-order valence-electron chi connectivity index (χ3n) is 1.68. The average Bonchev–Trinajstić information content (AvgIpc) is 2.40. The minimum absolute atomic E-state index is 0.562. The number of alkyl halides is 1. The zero-order chi connectivity index (χ0) is 7.40. The molecule has 0 aromatic heterocycles. The third-order valence-corrected chi connectivity index (χ3v) is 2.65. The molecule has 0 aromatic carbocycles. The summed E-state index contributed by atoms with van der Waals surface area (Å²) >= 11 is 3.42. The van der Waals surface area contributed by atoms with E-state index in [1.807, 2.05) is 0 Å². The molecule has 0 spiro atoms. The Morgan fingerprint density at radius 2 is 2.60 bits per heavy atom. The SMILES string of the molecule is CC(CBr)NC1CCOC1. The molecule has 0 amide bonds. The summed E-state index contributed by atoms with van der Waals surface area (Å²) in [4.78, 5) is 0. The van der Waals surface area contributed by atoms with Gasteiger partial charge in [-0.25, -0.2) is 0 Å². The van der Waals surface area contributed by atoms with E-state index in [1.54, 1.807) is 0 Å². The fourth-order valence-electron chi connectivity index (χ4n) is 1.11. The molecule has 1 saturated heterocycles. The first-order valence-electron chi connectivity index (χ1n) is 3.72. The van der Waals surface area contributed by atoms with Crippen molar-refractivity contribution >= 4 is 15.9 Å². The highest BCUT2D eigenvalue weighted by molar-refractivity contribution is 9.09. The average molecular weight is 208 g/mol. The van der Waals surface area contributed by atoms with Crippen LogP contribution in [0.2, 0.25) is 0 Å². The van der Waals surface area contributed by atoms with E-state index in [-0.39, 0.29) is 0 Å². The van der Waals surface area contributed by atoms with E-state index in [0.717, 1.165) is 25.0 Å². The van der Waals surface area contributed by atoms with Crippen molar-refractivity contribution in [3.05, 3.63) is 0 Å². The largest absolute Gasteiger partial charge is 0.380 e. The molecule has 3 heteroatoms. The molecular weight excluding hydrogens is 194 g/mol. The maximum Gasteiger partial charge on any atom is 0.0620 e. The van der Waals surface area contributed by atoms with E-state index in [0.29, 0.717) is 12.1 Å². The quantitative estimate of drug-likeness (QED) is 0.702. The van der Waals surface area contributed by atoms with Crippen molar-refractivity contribution in [1.29, 1.82) is 0 Å². The van der Waals surface area contributed by atoms with Gasteiger partial charge in [0.2, 0.25) is 0 Å². The molecule has 60 valence electrons. The van der Waals surface area contributed by atoms with E-state index in [1.165, 1.54) is 0 Å². The molecular formula is C7H14BrNO. The van der Waals surface area contributed by atoms with Crippen molar-refractivity contribution in [1.82, 2.24) is 5.32 Å². The summed E-state index contributed by atoms with van der Waals surface area (Å²) in [5.41, 5.74) is 0. The highest BCUT2D eigenvalue weighted by Gasteiger charge is 2.16. The lowest BCUT2D eigenvalue weighted by atomic mass is 10.2. The molecule has 1 aliphatic heterocycles. The van der Waals surface area contributed by atoms with Crippen LogP contribution in [-0.2, 0) is 4.74 Å². The van der Waals surface area contributed by atoms with Gasteiger partial charge in [0, 0.05) is 24.0 Å². The summed E-state index contributed by atoms with van der Waals surface area (Å²) in [7, 11) is 0. The molecule has 1 fully saturated rings. The van der Waals surface area contributed by atoms with Crippen LogP contribution >= 0.6 is 15.9 Å². The van der Waals surface area contributed by atoms with Gasteiger partial charge in [0.05, 0.1) is 6.61 Å². The number of nitrogens with one attached hydrogen (secondary N) is 1. The van der Waals surface area contributed by atoms with Crippen molar-refractivity contribution in [2.24, 2.45) is 0 Å². The van der Waals surface area contributed by atoms with Gasteiger partial charge in [-0.1, -0.05) is 15.9 Å². The highest BCUT2D eigenvalue weighted by atomic mass is 79.9. The number of rotatable bonds is 3. The first-order chi connectivity index (χ1) is 4.83. The fraction of sp³-hybridized carbons (Fsp3) is 1.00. The normalized spacial score (nSPS) is 28.8. The minimum Gasteiger partial charge on any atom is -0.380 e. The molecule has 0 radical (unpaired) electrons. The van der Waals surface area contributed by atoms with Crippen molar-refractivity contribution in [3.63, 3.8) is 0 Å². The highest BCUT2D eigenvalue weighted by Crippen LogP contribution is 2.04. The van der Waals surface area contributed by atoms with Crippen molar-refractivity contribution in [2.75, 3.05) is 18.5 Å². The number of halogens is 1. The van der Waals surface area contributed by atoms with Gasteiger partial charge in [-0.15, -0.1) is 0 Å². The predicted octanol–water partition coefficient (Wildman–Crippen LogP) is 1.15. The maximum atomic E-state index is 5.22. The van der Waals surface area contributed by atoms with E-state index < -0.39 is 0 Å². The molecule has 2 nitrogen and oxygen atoms in total. The van der Waals surface area contributed by atoms with Gasteiger partial charge in [-0.3, -0.25) is 0 Å². The molecule has 0 bridgehead atoms. The van der Waals surface area contributed by atoms with Crippen LogP contribution in [0.5, 0.6) is 0 Å². The van der Waals surface area contributed by atoms with Gasteiger partial charge in [-0.05, 0) is 13.3 Å². The Labute approximate surface area is 70.5 Å². The lowest BCUT2D eigenvalue weighted by Gasteiger charge is -2.15. The van der Waals surface area contributed by atoms with E-state index in [9.17, 15) is 0 Å². The molecule has 2 atom stereocenters. The molecule has 10 heavy (non-hydrogen) atoms. The van der Waals surface area contributed by atoms with Crippen LogP contribution in [0.15, 0.2) is 0 Å². The Balaban J connectivity index is 2.11. The molecule has 1 aliphatic rings. The second kappa shape index (κ2) is 4.31. The molecule has 1 heterocycles. The van der Waals surface area contributed by atoms with Crippen molar-refractivity contribution in [2.45, 2.75) is 25.4 Å². The van der Waals surface area contributed by atoms with Gasteiger partial charge >= 0.3 is 0 Å². The van der Waals surface area contributed by atoms with E-state index in [4.69, 9.17) is 4.74 Å². The Bertz CT molecular complexity index is 93.6. The third kappa shape index (κ3) is 2.56. The van der Waals surface area contributed by atoms with Crippen LogP contribution in [0.1, 0.15) is 13.3 Å². The van der Waals surface area contributed by atoms with E-state index in [2.05, 4.69) is 28.2 Å². The van der Waals surface area contributed by atoms with Crippen LogP contribution in [0.25, 0.3) is 0 Å². The fourth-order valence-corrected chi connectivity index (χ4v) is 1.30. The number of ether oxygens (including phenoxy) is 1. The molecule has 0 aliphatic carbocycles. The summed E-state index contributed by atoms with van der Waals surface area (Å²) in [6, 6.07) is 1.15.